The Hall–Kier alpha value is -1.88. The van der Waals surface area contributed by atoms with Gasteiger partial charge in [0, 0.05) is 34.7 Å². The molecule has 0 saturated heterocycles. The van der Waals surface area contributed by atoms with Gasteiger partial charge in [-0.05, 0) is 79.2 Å². The van der Waals surface area contributed by atoms with Crippen molar-refractivity contribution in [3.63, 3.8) is 0 Å². The van der Waals surface area contributed by atoms with E-state index in [4.69, 9.17) is 4.74 Å². The molecule has 1 aromatic carbocycles. The monoisotopic (exact) mass is 415 g/mol. The minimum atomic E-state index is -0.0902. The van der Waals surface area contributed by atoms with Crippen LogP contribution in [0.1, 0.15) is 64.3 Å². The Bertz CT molecular complexity index is 947. The van der Waals surface area contributed by atoms with Crippen molar-refractivity contribution in [2.75, 3.05) is 0 Å². The van der Waals surface area contributed by atoms with Crippen LogP contribution < -0.4 is 10.3 Å². The standard InChI is InChI=1S/C21H22BrNO3/c1-11-8-12(2)23-21(25)14(11)6-7-18(24)13-9-16-15-4-3-5-19(15)26-20(16)17(22)10-13/h8-10,15,19H,3-7H2,1-2H3,(H,23,25)/t15-,19-/m0/s1. The number of H-pyrrole nitrogens is 1. The topological polar surface area (TPSA) is 59.2 Å². The van der Waals surface area contributed by atoms with Crippen LogP contribution in [0.4, 0.5) is 0 Å². The summed E-state index contributed by atoms with van der Waals surface area (Å²) in [5.41, 5.74) is 4.26. The van der Waals surface area contributed by atoms with Gasteiger partial charge in [-0.1, -0.05) is 0 Å². The molecule has 0 amide bonds. The highest BCUT2D eigenvalue weighted by molar-refractivity contribution is 9.10. The van der Waals surface area contributed by atoms with E-state index < -0.39 is 0 Å². The molecule has 2 heterocycles. The summed E-state index contributed by atoms with van der Waals surface area (Å²) in [4.78, 5) is 27.7. The number of pyridine rings is 1. The molecule has 2 aromatic rings. The molecule has 0 radical (unpaired) electrons. The minimum Gasteiger partial charge on any atom is -0.488 e. The Balaban J connectivity index is 1.56. The van der Waals surface area contributed by atoms with Crippen molar-refractivity contribution >= 4 is 21.7 Å². The zero-order chi connectivity index (χ0) is 18.4. The van der Waals surface area contributed by atoms with Gasteiger partial charge in [0.25, 0.3) is 5.56 Å². The van der Waals surface area contributed by atoms with Crippen LogP contribution >= 0.6 is 15.9 Å². The van der Waals surface area contributed by atoms with E-state index >= 15 is 0 Å². The molecule has 5 heteroatoms. The van der Waals surface area contributed by atoms with E-state index in [1.807, 2.05) is 32.0 Å². The minimum absolute atomic E-state index is 0.0642. The molecule has 2 atom stereocenters. The van der Waals surface area contributed by atoms with Crippen molar-refractivity contribution in [2.45, 2.75) is 58.0 Å². The summed E-state index contributed by atoms with van der Waals surface area (Å²) in [6.07, 6.45) is 4.44. The summed E-state index contributed by atoms with van der Waals surface area (Å²) >= 11 is 3.57. The fourth-order valence-electron chi connectivity index (χ4n) is 4.32. The number of rotatable bonds is 4. The number of nitrogens with one attached hydrogen (secondary N) is 1. The zero-order valence-electron chi connectivity index (χ0n) is 15.0. The maximum absolute atomic E-state index is 12.8. The molecule has 2 aliphatic rings. The average molecular weight is 416 g/mol. The molecule has 0 bridgehead atoms. The maximum atomic E-state index is 12.8. The Kier molecular flexibility index (Phi) is 4.51. The smallest absolute Gasteiger partial charge is 0.251 e. The number of hydrogen-bond acceptors (Lipinski definition) is 3. The Morgan fingerprint density at radius 1 is 1.27 bits per heavy atom. The van der Waals surface area contributed by atoms with Crippen LogP contribution in [-0.4, -0.2) is 16.9 Å². The van der Waals surface area contributed by atoms with Crippen LogP contribution in [0, 0.1) is 13.8 Å². The SMILES string of the molecule is Cc1cc(C)c(CCC(=O)c2cc(Br)c3c(c2)[C@@H]2CCC[C@@H]2O3)c(=O)[nH]1. The van der Waals surface area contributed by atoms with E-state index in [0.29, 0.717) is 29.9 Å². The second kappa shape index (κ2) is 6.69. The summed E-state index contributed by atoms with van der Waals surface area (Å²) in [5.74, 6) is 1.38. The molecule has 1 aliphatic carbocycles. The lowest BCUT2D eigenvalue weighted by atomic mass is 9.93. The van der Waals surface area contributed by atoms with Crippen molar-refractivity contribution in [2.24, 2.45) is 0 Å². The summed E-state index contributed by atoms with van der Waals surface area (Å²) < 4.78 is 6.92. The number of benzene rings is 1. The number of hydrogen-bond donors (Lipinski definition) is 1. The van der Waals surface area contributed by atoms with E-state index in [9.17, 15) is 9.59 Å². The van der Waals surface area contributed by atoms with Gasteiger partial charge in [0.05, 0.1) is 4.47 Å². The van der Waals surface area contributed by atoms with Crippen LogP contribution in [-0.2, 0) is 6.42 Å². The van der Waals surface area contributed by atoms with Crippen molar-refractivity contribution in [3.8, 4) is 5.75 Å². The molecule has 1 aliphatic heterocycles. The first-order valence-electron chi connectivity index (χ1n) is 9.16. The third-order valence-corrected chi connectivity index (χ3v) is 6.20. The molecule has 0 unspecified atom stereocenters. The first-order valence-corrected chi connectivity index (χ1v) is 9.96. The van der Waals surface area contributed by atoms with E-state index in [0.717, 1.165) is 39.9 Å². The highest BCUT2D eigenvalue weighted by atomic mass is 79.9. The van der Waals surface area contributed by atoms with Gasteiger partial charge in [-0.15, -0.1) is 0 Å². The predicted octanol–water partition coefficient (Wildman–Crippen LogP) is 4.60. The van der Waals surface area contributed by atoms with Crippen LogP contribution in [0.25, 0.3) is 0 Å². The molecule has 136 valence electrons. The lowest BCUT2D eigenvalue weighted by Gasteiger charge is -2.09. The Morgan fingerprint density at radius 2 is 2.08 bits per heavy atom. The number of ketones is 1. The summed E-state index contributed by atoms with van der Waals surface area (Å²) in [6.45, 7) is 3.79. The number of halogens is 1. The van der Waals surface area contributed by atoms with Gasteiger partial charge in [0.2, 0.25) is 0 Å². The van der Waals surface area contributed by atoms with Crippen LogP contribution in [0.15, 0.2) is 27.5 Å². The van der Waals surface area contributed by atoms with E-state index in [1.165, 1.54) is 6.42 Å². The van der Waals surface area contributed by atoms with Gasteiger partial charge in [0.1, 0.15) is 11.9 Å². The second-order valence-corrected chi connectivity index (χ2v) is 8.29. The number of carbonyl (C=O) groups excluding carboxylic acids is 1. The van der Waals surface area contributed by atoms with Crippen molar-refractivity contribution < 1.29 is 9.53 Å². The first-order chi connectivity index (χ1) is 12.4. The van der Waals surface area contributed by atoms with Gasteiger partial charge in [-0.3, -0.25) is 9.59 Å². The van der Waals surface area contributed by atoms with Crippen molar-refractivity contribution in [3.05, 3.63) is 61.0 Å². The molecule has 4 nitrogen and oxygen atoms in total. The molecule has 1 saturated carbocycles. The summed E-state index contributed by atoms with van der Waals surface area (Å²) in [7, 11) is 0. The highest BCUT2D eigenvalue weighted by Crippen LogP contribution is 2.50. The number of fused-ring (bicyclic) bond motifs is 3. The second-order valence-electron chi connectivity index (χ2n) is 7.44. The number of aromatic amines is 1. The molecule has 26 heavy (non-hydrogen) atoms. The van der Waals surface area contributed by atoms with E-state index in [-0.39, 0.29) is 17.4 Å². The first kappa shape index (κ1) is 17.5. The normalized spacial score (nSPS) is 20.6. The third kappa shape index (κ3) is 3.02. The quantitative estimate of drug-likeness (QED) is 0.742. The Labute approximate surface area is 161 Å². The fourth-order valence-corrected chi connectivity index (χ4v) is 4.89. The molecule has 4 rings (SSSR count). The molecule has 1 N–H and O–H groups in total. The molecular formula is C21H22BrNO3. The average Bonchev–Trinajstić information content (AvgIpc) is 3.15. The number of carbonyl (C=O) groups is 1. The summed E-state index contributed by atoms with van der Waals surface area (Å²) in [5, 5.41) is 0. The van der Waals surface area contributed by atoms with Crippen LogP contribution in [0.2, 0.25) is 0 Å². The molecule has 0 spiro atoms. The molecular weight excluding hydrogens is 394 g/mol. The van der Waals surface area contributed by atoms with Crippen LogP contribution in [0.5, 0.6) is 5.75 Å². The number of aryl methyl sites for hydroxylation is 2. The van der Waals surface area contributed by atoms with Gasteiger partial charge in [-0.25, -0.2) is 0 Å². The zero-order valence-corrected chi connectivity index (χ0v) is 16.6. The van der Waals surface area contributed by atoms with Gasteiger partial charge in [0.15, 0.2) is 5.78 Å². The van der Waals surface area contributed by atoms with Gasteiger partial charge >= 0.3 is 0 Å². The predicted molar refractivity (Wildman–Crippen MR) is 104 cm³/mol. The lowest BCUT2D eigenvalue weighted by Crippen LogP contribution is -2.17. The van der Waals surface area contributed by atoms with Crippen LogP contribution in [0.3, 0.4) is 0 Å². The van der Waals surface area contributed by atoms with Crippen molar-refractivity contribution in [1.82, 2.24) is 4.98 Å². The van der Waals surface area contributed by atoms with Gasteiger partial charge in [-0.2, -0.15) is 0 Å². The van der Waals surface area contributed by atoms with Crippen molar-refractivity contribution in [1.29, 1.82) is 0 Å². The number of ether oxygens (including phenoxy) is 1. The lowest BCUT2D eigenvalue weighted by molar-refractivity contribution is 0.0982. The third-order valence-electron chi connectivity index (χ3n) is 5.61. The number of aromatic nitrogens is 1. The van der Waals surface area contributed by atoms with Gasteiger partial charge < -0.3 is 9.72 Å². The Morgan fingerprint density at radius 3 is 2.85 bits per heavy atom. The van der Waals surface area contributed by atoms with E-state index in [1.54, 1.807) is 0 Å². The van der Waals surface area contributed by atoms with E-state index in [2.05, 4.69) is 20.9 Å². The largest absolute Gasteiger partial charge is 0.488 e. The number of Topliss-reactive ketones (excluding diaryl/α,β-unsaturated/α-hetero) is 1. The highest BCUT2D eigenvalue weighted by Gasteiger charge is 2.39. The molecule has 1 aromatic heterocycles. The fraction of sp³-hybridized carbons (Fsp3) is 0.429. The molecule has 1 fully saturated rings. The summed E-state index contributed by atoms with van der Waals surface area (Å²) in [6, 6.07) is 5.81. The maximum Gasteiger partial charge on any atom is 0.251 e.